The molecule has 0 aromatic heterocycles. The van der Waals surface area contributed by atoms with Crippen molar-refractivity contribution in [2.45, 2.75) is 13.0 Å². The molecule has 0 aliphatic rings. The molecule has 0 radical (unpaired) electrons. The van der Waals surface area contributed by atoms with Gasteiger partial charge in [0, 0.05) is 5.69 Å². The smallest absolute Gasteiger partial charge is 0.411 e. The fourth-order valence-corrected chi connectivity index (χ4v) is 2.23. The Bertz CT molecular complexity index is 671. The molecule has 0 aliphatic carbocycles. The van der Waals surface area contributed by atoms with Gasteiger partial charge in [0.25, 0.3) is 0 Å². The van der Waals surface area contributed by atoms with E-state index in [9.17, 15) is 4.79 Å². The zero-order valence-corrected chi connectivity index (χ0v) is 12.9. The highest BCUT2D eigenvalue weighted by Crippen LogP contribution is 2.29. The van der Waals surface area contributed by atoms with Gasteiger partial charge in [-0.05, 0) is 41.8 Å². The minimum absolute atomic E-state index is 0.386. The number of amides is 1. The van der Waals surface area contributed by atoms with Crippen molar-refractivity contribution in [3.05, 3.63) is 59.2 Å². The van der Waals surface area contributed by atoms with Gasteiger partial charge in [0.1, 0.15) is 5.75 Å². The van der Waals surface area contributed by atoms with E-state index in [0.29, 0.717) is 5.69 Å². The van der Waals surface area contributed by atoms with Gasteiger partial charge in [0.2, 0.25) is 0 Å². The summed E-state index contributed by atoms with van der Waals surface area (Å²) in [5.41, 5.74) is 9.73. The van der Waals surface area contributed by atoms with Gasteiger partial charge in [-0.3, -0.25) is 5.32 Å². The number of methoxy groups -OCH3 is 2. The average molecular weight is 300 g/mol. The molecule has 3 N–H and O–H groups in total. The second-order valence-electron chi connectivity index (χ2n) is 4.96. The molecular formula is C17H20N2O3. The highest BCUT2D eigenvalue weighted by atomic mass is 16.5. The number of anilines is 1. The number of nitrogens with two attached hydrogens (primary N) is 1. The molecule has 1 atom stereocenters. The Kier molecular flexibility index (Phi) is 5.01. The molecule has 0 spiro atoms. The summed E-state index contributed by atoms with van der Waals surface area (Å²) in [5, 5.41) is 2.71. The molecule has 0 bridgehead atoms. The van der Waals surface area contributed by atoms with E-state index in [2.05, 4.69) is 10.1 Å². The van der Waals surface area contributed by atoms with Crippen LogP contribution in [0.1, 0.15) is 22.7 Å². The van der Waals surface area contributed by atoms with Crippen LogP contribution in [-0.2, 0) is 4.74 Å². The predicted octanol–water partition coefficient (Wildman–Crippen LogP) is 3.23. The van der Waals surface area contributed by atoms with Gasteiger partial charge in [-0.25, -0.2) is 4.79 Å². The Hall–Kier alpha value is -2.53. The minimum atomic E-state index is -0.523. The van der Waals surface area contributed by atoms with Crippen molar-refractivity contribution in [3.8, 4) is 5.75 Å². The van der Waals surface area contributed by atoms with E-state index in [1.54, 1.807) is 7.11 Å². The molecule has 0 aliphatic heterocycles. The van der Waals surface area contributed by atoms with E-state index in [1.807, 2.05) is 49.4 Å². The largest absolute Gasteiger partial charge is 0.497 e. The van der Waals surface area contributed by atoms with Gasteiger partial charge in [-0.15, -0.1) is 0 Å². The van der Waals surface area contributed by atoms with E-state index in [1.165, 1.54) is 7.11 Å². The molecule has 0 saturated heterocycles. The standard InChI is InChI=1S/C17H20N2O3/c1-11-7-8-14(15(9-11)19-17(20)22-3)16(18)12-5-4-6-13(10-12)21-2/h4-10,16H,18H2,1-3H3,(H,19,20). The summed E-state index contributed by atoms with van der Waals surface area (Å²) in [5.74, 6) is 0.738. The summed E-state index contributed by atoms with van der Waals surface area (Å²) >= 11 is 0. The van der Waals surface area contributed by atoms with Crippen LogP contribution in [0, 0.1) is 6.92 Å². The SMILES string of the molecule is COC(=O)Nc1cc(C)ccc1C(N)c1cccc(OC)c1. The van der Waals surface area contributed by atoms with Gasteiger partial charge in [-0.2, -0.15) is 0 Å². The molecule has 1 unspecified atom stereocenters. The number of hydrogen-bond donors (Lipinski definition) is 2. The summed E-state index contributed by atoms with van der Waals surface area (Å²) in [6.45, 7) is 1.95. The van der Waals surface area contributed by atoms with Gasteiger partial charge >= 0.3 is 6.09 Å². The number of benzene rings is 2. The third-order valence-electron chi connectivity index (χ3n) is 3.42. The number of carbonyl (C=O) groups excluding carboxylic acids is 1. The molecule has 1 amide bonds. The third-order valence-corrected chi connectivity index (χ3v) is 3.42. The average Bonchev–Trinajstić information content (AvgIpc) is 2.54. The lowest BCUT2D eigenvalue weighted by atomic mass is 9.96. The van der Waals surface area contributed by atoms with E-state index < -0.39 is 6.09 Å². The van der Waals surface area contributed by atoms with E-state index in [4.69, 9.17) is 10.5 Å². The van der Waals surface area contributed by atoms with Crippen LogP contribution < -0.4 is 15.8 Å². The van der Waals surface area contributed by atoms with Crippen LogP contribution in [0.5, 0.6) is 5.75 Å². The first-order valence-corrected chi connectivity index (χ1v) is 6.90. The number of hydrogen-bond acceptors (Lipinski definition) is 4. The fourth-order valence-electron chi connectivity index (χ4n) is 2.23. The highest BCUT2D eigenvalue weighted by molar-refractivity contribution is 5.86. The van der Waals surface area contributed by atoms with Crippen LogP contribution in [-0.4, -0.2) is 20.3 Å². The van der Waals surface area contributed by atoms with Crippen molar-refractivity contribution >= 4 is 11.8 Å². The molecule has 2 aromatic carbocycles. The lowest BCUT2D eigenvalue weighted by molar-refractivity contribution is 0.187. The number of aryl methyl sites for hydroxylation is 1. The third kappa shape index (κ3) is 3.56. The van der Waals surface area contributed by atoms with E-state index >= 15 is 0 Å². The van der Waals surface area contributed by atoms with Gasteiger partial charge < -0.3 is 15.2 Å². The Balaban J connectivity index is 2.39. The lowest BCUT2D eigenvalue weighted by Gasteiger charge is -2.18. The zero-order chi connectivity index (χ0) is 16.1. The number of carbonyl (C=O) groups is 1. The van der Waals surface area contributed by atoms with Crippen LogP contribution in [0.2, 0.25) is 0 Å². The quantitative estimate of drug-likeness (QED) is 0.909. The first-order valence-electron chi connectivity index (χ1n) is 6.90. The maximum atomic E-state index is 11.5. The molecule has 0 saturated carbocycles. The summed E-state index contributed by atoms with van der Waals surface area (Å²) in [7, 11) is 2.94. The summed E-state index contributed by atoms with van der Waals surface area (Å²) in [6, 6.07) is 12.9. The lowest BCUT2D eigenvalue weighted by Crippen LogP contribution is -2.18. The Morgan fingerprint density at radius 2 is 1.95 bits per heavy atom. The van der Waals surface area contributed by atoms with Crippen LogP contribution in [0.4, 0.5) is 10.5 Å². The molecule has 2 aromatic rings. The Morgan fingerprint density at radius 3 is 2.64 bits per heavy atom. The van der Waals surface area contributed by atoms with Crippen molar-refractivity contribution in [1.82, 2.24) is 0 Å². The van der Waals surface area contributed by atoms with Gasteiger partial charge in [0.05, 0.1) is 20.3 Å². The van der Waals surface area contributed by atoms with Crippen molar-refractivity contribution < 1.29 is 14.3 Å². The molecule has 0 heterocycles. The molecular weight excluding hydrogens is 280 g/mol. The second kappa shape index (κ2) is 6.95. The predicted molar refractivity (Wildman–Crippen MR) is 86.2 cm³/mol. The first kappa shape index (κ1) is 15.9. The van der Waals surface area contributed by atoms with Crippen LogP contribution >= 0.6 is 0 Å². The molecule has 5 nitrogen and oxygen atoms in total. The zero-order valence-electron chi connectivity index (χ0n) is 12.9. The summed E-state index contributed by atoms with van der Waals surface area (Å²) in [4.78, 5) is 11.5. The van der Waals surface area contributed by atoms with Crippen molar-refractivity contribution in [2.24, 2.45) is 5.73 Å². The maximum Gasteiger partial charge on any atom is 0.411 e. The van der Waals surface area contributed by atoms with Crippen LogP contribution in [0.3, 0.4) is 0 Å². The first-order chi connectivity index (χ1) is 10.5. The summed E-state index contributed by atoms with van der Waals surface area (Å²) < 4.78 is 9.89. The van der Waals surface area contributed by atoms with Gasteiger partial charge in [0.15, 0.2) is 0 Å². The molecule has 116 valence electrons. The van der Waals surface area contributed by atoms with Crippen molar-refractivity contribution in [1.29, 1.82) is 0 Å². The van der Waals surface area contributed by atoms with Crippen molar-refractivity contribution in [3.63, 3.8) is 0 Å². The molecule has 5 heteroatoms. The van der Waals surface area contributed by atoms with Gasteiger partial charge in [-0.1, -0.05) is 24.3 Å². The van der Waals surface area contributed by atoms with E-state index in [-0.39, 0.29) is 6.04 Å². The topological polar surface area (TPSA) is 73.6 Å². The number of ether oxygens (including phenoxy) is 2. The Labute approximate surface area is 130 Å². The molecule has 0 fully saturated rings. The number of rotatable bonds is 4. The fraction of sp³-hybridized carbons (Fsp3) is 0.235. The van der Waals surface area contributed by atoms with Crippen LogP contribution in [0.25, 0.3) is 0 Å². The van der Waals surface area contributed by atoms with Crippen LogP contribution in [0.15, 0.2) is 42.5 Å². The highest BCUT2D eigenvalue weighted by Gasteiger charge is 2.16. The molecule has 22 heavy (non-hydrogen) atoms. The number of nitrogens with one attached hydrogen (secondary N) is 1. The van der Waals surface area contributed by atoms with E-state index in [0.717, 1.165) is 22.4 Å². The molecule has 2 rings (SSSR count). The summed E-state index contributed by atoms with van der Waals surface area (Å²) in [6.07, 6.45) is -0.523. The normalized spacial score (nSPS) is 11.6. The monoisotopic (exact) mass is 300 g/mol. The minimum Gasteiger partial charge on any atom is -0.497 e. The Morgan fingerprint density at radius 1 is 1.18 bits per heavy atom. The second-order valence-corrected chi connectivity index (χ2v) is 4.96. The van der Waals surface area contributed by atoms with Crippen molar-refractivity contribution in [2.75, 3.05) is 19.5 Å². The maximum absolute atomic E-state index is 11.5.